The van der Waals surface area contributed by atoms with Crippen LogP contribution in [-0.4, -0.2) is 22.0 Å². The lowest BCUT2D eigenvalue weighted by Gasteiger charge is -2.13. The molecule has 0 saturated heterocycles. The average molecular weight is 321 g/mol. The number of rotatable bonds is 3. The van der Waals surface area contributed by atoms with Crippen molar-refractivity contribution < 1.29 is 0 Å². The van der Waals surface area contributed by atoms with Crippen molar-refractivity contribution in [3.05, 3.63) is 34.2 Å². The fourth-order valence-electron chi connectivity index (χ4n) is 1.74. The van der Waals surface area contributed by atoms with E-state index in [1.807, 2.05) is 32.3 Å². The van der Waals surface area contributed by atoms with E-state index < -0.39 is 0 Å². The summed E-state index contributed by atoms with van der Waals surface area (Å²) in [6.45, 7) is 6.19. The summed E-state index contributed by atoms with van der Waals surface area (Å²) >= 11 is 3.56. The highest BCUT2D eigenvalue weighted by atomic mass is 79.9. The number of aromatic nitrogens is 3. The maximum absolute atomic E-state index is 4.64. The Kier molecular flexibility index (Phi) is 4.14. The molecule has 0 aromatic carbocycles. The van der Waals surface area contributed by atoms with Gasteiger partial charge in [0.25, 0.3) is 0 Å². The quantitative estimate of drug-likeness (QED) is 0.935. The van der Waals surface area contributed by atoms with Gasteiger partial charge in [0.2, 0.25) is 0 Å². The first-order valence-electron chi connectivity index (χ1n) is 6.21. The summed E-state index contributed by atoms with van der Waals surface area (Å²) in [5, 5.41) is 3.09. The van der Waals surface area contributed by atoms with Crippen LogP contribution in [0.2, 0.25) is 0 Å². The highest BCUT2D eigenvalue weighted by molar-refractivity contribution is 9.10. The van der Waals surface area contributed by atoms with Gasteiger partial charge in [-0.1, -0.05) is 13.8 Å². The molecule has 1 N–H and O–H groups in total. The Morgan fingerprint density at radius 1 is 1.21 bits per heavy atom. The van der Waals surface area contributed by atoms with E-state index in [0.717, 1.165) is 27.2 Å². The minimum atomic E-state index is 0.321. The zero-order valence-electron chi connectivity index (χ0n) is 11.5. The van der Waals surface area contributed by atoms with Gasteiger partial charge < -0.3 is 5.32 Å². The average Bonchev–Trinajstić information content (AvgIpc) is 2.39. The first-order valence-corrected chi connectivity index (χ1v) is 7.00. The predicted molar refractivity (Wildman–Crippen MR) is 81.3 cm³/mol. The molecular formula is C14H17BrN4. The molecular weight excluding hydrogens is 304 g/mol. The van der Waals surface area contributed by atoms with Crippen molar-refractivity contribution in [1.29, 1.82) is 0 Å². The molecule has 0 radical (unpaired) electrons. The number of nitrogens with one attached hydrogen (secondary N) is 1. The van der Waals surface area contributed by atoms with Crippen molar-refractivity contribution in [1.82, 2.24) is 15.0 Å². The third-order valence-corrected chi connectivity index (χ3v) is 3.61. The second-order valence-electron chi connectivity index (χ2n) is 4.69. The van der Waals surface area contributed by atoms with Crippen molar-refractivity contribution in [3.63, 3.8) is 0 Å². The van der Waals surface area contributed by atoms with Crippen LogP contribution in [0, 0.1) is 6.92 Å². The molecule has 2 rings (SSSR count). The first-order chi connectivity index (χ1) is 9.02. The summed E-state index contributed by atoms with van der Waals surface area (Å²) < 4.78 is 0.925. The molecule has 0 spiro atoms. The second-order valence-corrected chi connectivity index (χ2v) is 5.48. The van der Waals surface area contributed by atoms with E-state index in [1.165, 1.54) is 0 Å². The molecule has 0 unspecified atom stereocenters. The minimum Gasteiger partial charge on any atom is -0.372 e. The number of nitrogens with zero attached hydrogens (tertiary/aromatic N) is 3. The zero-order chi connectivity index (χ0) is 14.0. The van der Waals surface area contributed by atoms with Crippen molar-refractivity contribution in [2.45, 2.75) is 26.7 Å². The van der Waals surface area contributed by atoms with Gasteiger partial charge in [-0.25, -0.2) is 9.97 Å². The number of pyridine rings is 1. The second kappa shape index (κ2) is 5.65. The van der Waals surface area contributed by atoms with E-state index in [1.54, 1.807) is 0 Å². The van der Waals surface area contributed by atoms with Crippen LogP contribution in [0.1, 0.15) is 31.2 Å². The lowest BCUT2D eigenvalue weighted by Crippen LogP contribution is -2.04. The van der Waals surface area contributed by atoms with Crippen molar-refractivity contribution in [2.24, 2.45) is 0 Å². The standard InChI is InChI=1S/C14H17BrN4/c1-8(2)12-11(15)14(16-4)19-13(18-12)10-6-5-9(3)17-7-10/h5-8H,1-4H3,(H,16,18,19). The molecule has 2 aromatic rings. The van der Waals surface area contributed by atoms with Crippen LogP contribution >= 0.6 is 15.9 Å². The van der Waals surface area contributed by atoms with Crippen LogP contribution in [0.25, 0.3) is 11.4 Å². The van der Waals surface area contributed by atoms with Crippen molar-refractivity contribution >= 4 is 21.7 Å². The first kappa shape index (κ1) is 13.9. The van der Waals surface area contributed by atoms with Gasteiger partial charge in [0.15, 0.2) is 5.82 Å². The van der Waals surface area contributed by atoms with E-state index in [2.05, 4.69) is 50.0 Å². The van der Waals surface area contributed by atoms with Crippen LogP contribution in [0.5, 0.6) is 0 Å². The van der Waals surface area contributed by atoms with Crippen LogP contribution in [0.4, 0.5) is 5.82 Å². The van der Waals surface area contributed by atoms with Gasteiger partial charge in [0, 0.05) is 24.5 Å². The van der Waals surface area contributed by atoms with E-state index in [9.17, 15) is 0 Å². The van der Waals surface area contributed by atoms with Gasteiger partial charge in [-0.3, -0.25) is 4.98 Å². The highest BCUT2D eigenvalue weighted by Crippen LogP contribution is 2.30. The Hall–Kier alpha value is -1.49. The van der Waals surface area contributed by atoms with E-state index in [-0.39, 0.29) is 0 Å². The third-order valence-electron chi connectivity index (χ3n) is 2.83. The maximum Gasteiger partial charge on any atom is 0.163 e. The molecule has 19 heavy (non-hydrogen) atoms. The maximum atomic E-state index is 4.64. The topological polar surface area (TPSA) is 50.7 Å². The van der Waals surface area contributed by atoms with E-state index in [4.69, 9.17) is 0 Å². The molecule has 0 aliphatic carbocycles. The fraction of sp³-hybridized carbons (Fsp3) is 0.357. The Balaban J connectivity index is 2.57. The summed E-state index contributed by atoms with van der Waals surface area (Å²) in [7, 11) is 1.86. The number of halogens is 1. The van der Waals surface area contributed by atoms with Gasteiger partial charge >= 0.3 is 0 Å². The van der Waals surface area contributed by atoms with Gasteiger partial charge in [-0.2, -0.15) is 0 Å². The summed E-state index contributed by atoms with van der Waals surface area (Å²) in [6, 6.07) is 3.96. The lowest BCUT2D eigenvalue weighted by molar-refractivity contribution is 0.810. The Morgan fingerprint density at radius 3 is 2.47 bits per heavy atom. The zero-order valence-corrected chi connectivity index (χ0v) is 13.1. The Morgan fingerprint density at radius 2 is 1.95 bits per heavy atom. The highest BCUT2D eigenvalue weighted by Gasteiger charge is 2.15. The van der Waals surface area contributed by atoms with Crippen molar-refractivity contribution in [2.75, 3.05) is 12.4 Å². The predicted octanol–water partition coefficient (Wildman–Crippen LogP) is 3.77. The molecule has 0 amide bonds. The summed E-state index contributed by atoms with van der Waals surface area (Å²) in [5.41, 5.74) is 2.91. The van der Waals surface area contributed by atoms with Gasteiger partial charge in [-0.15, -0.1) is 0 Å². The molecule has 2 aromatic heterocycles. The molecule has 0 saturated carbocycles. The van der Waals surface area contributed by atoms with Crippen LogP contribution in [0.15, 0.2) is 22.8 Å². The summed E-state index contributed by atoms with van der Waals surface area (Å²) in [6.07, 6.45) is 1.81. The van der Waals surface area contributed by atoms with Crippen LogP contribution < -0.4 is 5.32 Å². The summed E-state index contributed by atoms with van der Waals surface area (Å²) in [5.74, 6) is 1.82. The fourth-order valence-corrected chi connectivity index (χ4v) is 2.58. The van der Waals surface area contributed by atoms with Crippen LogP contribution in [0.3, 0.4) is 0 Å². The van der Waals surface area contributed by atoms with Crippen molar-refractivity contribution in [3.8, 4) is 11.4 Å². The smallest absolute Gasteiger partial charge is 0.163 e. The normalized spacial score (nSPS) is 10.8. The molecule has 0 aliphatic rings. The molecule has 4 nitrogen and oxygen atoms in total. The van der Waals surface area contributed by atoms with Crippen LogP contribution in [-0.2, 0) is 0 Å². The number of anilines is 1. The molecule has 2 heterocycles. The monoisotopic (exact) mass is 320 g/mol. The molecule has 0 bridgehead atoms. The number of aryl methyl sites for hydroxylation is 1. The SMILES string of the molecule is CNc1nc(-c2ccc(C)nc2)nc(C(C)C)c1Br. The van der Waals surface area contributed by atoms with E-state index >= 15 is 0 Å². The molecule has 0 aliphatic heterocycles. The summed E-state index contributed by atoms with van der Waals surface area (Å²) in [4.78, 5) is 13.5. The van der Waals surface area contributed by atoms with E-state index in [0.29, 0.717) is 11.7 Å². The lowest BCUT2D eigenvalue weighted by atomic mass is 10.1. The largest absolute Gasteiger partial charge is 0.372 e. The Bertz CT molecular complexity index is 579. The Labute approximate surface area is 121 Å². The van der Waals surface area contributed by atoms with Gasteiger partial charge in [0.05, 0.1) is 10.2 Å². The van der Waals surface area contributed by atoms with Gasteiger partial charge in [0.1, 0.15) is 5.82 Å². The molecule has 0 fully saturated rings. The minimum absolute atomic E-state index is 0.321. The molecule has 100 valence electrons. The third kappa shape index (κ3) is 2.92. The number of hydrogen-bond donors (Lipinski definition) is 1. The number of hydrogen-bond acceptors (Lipinski definition) is 4. The molecule has 5 heteroatoms. The van der Waals surface area contributed by atoms with Gasteiger partial charge in [-0.05, 0) is 40.9 Å². The molecule has 0 atom stereocenters.